The van der Waals surface area contributed by atoms with E-state index in [0.717, 1.165) is 16.5 Å². The first-order chi connectivity index (χ1) is 10.6. The van der Waals surface area contributed by atoms with Crippen LogP contribution >= 0.6 is 23.2 Å². The Balaban J connectivity index is 1.86. The lowest BCUT2D eigenvalue weighted by molar-refractivity contribution is 0.425. The molecule has 0 saturated carbocycles. The number of benzene rings is 2. The third kappa shape index (κ3) is 2.15. The molecule has 4 rings (SSSR count). The van der Waals surface area contributed by atoms with E-state index in [-0.39, 0.29) is 6.04 Å². The van der Waals surface area contributed by atoms with Crippen molar-refractivity contribution in [1.29, 1.82) is 0 Å². The molecule has 1 nitrogen and oxygen atoms in total. The number of halogens is 2. The van der Waals surface area contributed by atoms with Crippen LogP contribution in [0.3, 0.4) is 0 Å². The number of hydrogen-bond donors (Lipinski definition) is 1. The van der Waals surface area contributed by atoms with Gasteiger partial charge in [-0.05, 0) is 48.6 Å². The fourth-order valence-electron chi connectivity index (χ4n) is 3.84. The van der Waals surface area contributed by atoms with Crippen LogP contribution in [0.2, 0.25) is 10.0 Å². The molecule has 2 aliphatic rings. The van der Waals surface area contributed by atoms with Crippen LogP contribution in [0.5, 0.6) is 0 Å². The molecule has 2 aromatic rings. The Morgan fingerprint density at radius 2 is 2.00 bits per heavy atom. The summed E-state index contributed by atoms with van der Waals surface area (Å²) in [6.07, 6.45) is 5.66. The van der Waals surface area contributed by atoms with Crippen molar-refractivity contribution in [1.82, 2.24) is 0 Å². The summed E-state index contributed by atoms with van der Waals surface area (Å²) in [4.78, 5) is 0. The second-order valence-corrected chi connectivity index (χ2v) is 7.03. The van der Waals surface area contributed by atoms with Gasteiger partial charge in [0.1, 0.15) is 0 Å². The molecule has 0 aromatic heterocycles. The maximum Gasteiger partial charge on any atom is 0.0554 e. The van der Waals surface area contributed by atoms with Gasteiger partial charge in [0, 0.05) is 27.2 Å². The van der Waals surface area contributed by atoms with Crippen LogP contribution in [0.1, 0.15) is 35.1 Å². The Kier molecular flexibility index (Phi) is 3.43. The monoisotopic (exact) mass is 329 g/mol. The number of anilines is 1. The molecule has 3 atom stereocenters. The second-order valence-electron chi connectivity index (χ2n) is 6.18. The number of aryl methyl sites for hydroxylation is 1. The van der Waals surface area contributed by atoms with Gasteiger partial charge in [-0.3, -0.25) is 0 Å². The fraction of sp³-hybridized carbons (Fsp3) is 0.263. The molecular weight excluding hydrogens is 313 g/mol. The standard InChI is InChI=1S/C19H17Cl2N/c1-11-8-9-16(21)17-14-6-3-7-15(14)19(22-18(11)17)12-4-2-5-13(20)10-12/h2-6,8-10,14-15,19,22H,7H2,1H3/t14-,15+,19+/m1/s1. The molecule has 1 heterocycles. The Morgan fingerprint density at radius 1 is 1.14 bits per heavy atom. The second kappa shape index (κ2) is 5.33. The van der Waals surface area contributed by atoms with Crippen molar-refractivity contribution in [2.75, 3.05) is 5.32 Å². The van der Waals surface area contributed by atoms with Crippen LogP contribution < -0.4 is 5.32 Å². The molecule has 0 unspecified atom stereocenters. The van der Waals surface area contributed by atoms with Gasteiger partial charge >= 0.3 is 0 Å². The molecular formula is C19H17Cl2N. The van der Waals surface area contributed by atoms with Gasteiger partial charge in [-0.2, -0.15) is 0 Å². The van der Waals surface area contributed by atoms with Gasteiger partial charge in [0.15, 0.2) is 0 Å². The Morgan fingerprint density at radius 3 is 2.82 bits per heavy atom. The zero-order valence-corrected chi connectivity index (χ0v) is 13.8. The molecule has 0 radical (unpaired) electrons. The fourth-order valence-corrected chi connectivity index (χ4v) is 4.32. The summed E-state index contributed by atoms with van der Waals surface area (Å²) in [5, 5.41) is 5.39. The number of fused-ring (bicyclic) bond motifs is 3. The highest BCUT2D eigenvalue weighted by atomic mass is 35.5. The molecule has 0 bridgehead atoms. The summed E-state index contributed by atoms with van der Waals surface area (Å²) in [5.41, 5.74) is 4.92. The van der Waals surface area contributed by atoms with Gasteiger partial charge in [0.25, 0.3) is 0 Å². The molecule has 22 heavy (non-hydrogen) atoms. The third-order valence-corrected chi connectivity index (χ3v) is 5.45. The Bertz CT molecular complexity index is 766. The minimum atomic E-state index is 0.267. The Hall–Kier alpha value is -1.44. The van der Waals surface area contributed by atoms with Gasteiger partial charge in [0.2, 0.25) is 0 Å². The zero-order valence-electron chi connectivity index (χ0n) is 12.3. The highest BCUT2D eigenvalue weighted by Crippen LogP contribution is 2.52. The van der Waals surface area contributed by atoms with E-state index in [1.807, 2.05) is 18.2 Å². The summed E-state index contributed by atoms with van der Waals surface area (Å²) in [6.45, 7) is 2.14. The van der Waals surface area contributed by atoms with Crippen molar-refractivity contribution < 1.29 is 0 Å². The third-order valence-electron chi connectivity index (χ3n) is 4.88. The first kappa shape index (κ1) is 14.2. The summed E-state index contributed by atoms with van der Waals surface area (Å²) in [7, 11) is 0. The predicted molar refractivity (Wildman–Crippen MR) is 94.0 cm³/mol. The summed E-state index contributed by atoms with van der Waals surface area (Å²) < 4.78 is 0. The number of nitrogens with one attached hydrogen (secondary N) is 1. The van der Waals surface area contributed by atoms with Crippen molar-refractivity contribution in [2.45, 2.75) is 25.3 Å². The maximum atomic E-state index is 6.50. The van der Waals surface area contributed by atoms with E-state index in [2.05, 4.69) is 42.6 Å². The predicted octanol–water partition coefficient (Wildman–Crippen LogP) is 6.13. The SMILES string of the molecule is Cc1ccc(Cl)c2c1N[C@@H](c1cccc(Cl)c1)[C@H]1CC=C[C@@H]21. The van der Waals surface area contributed by atoms with Gasteiger partial charge in [-0.1, -0.05) is 53.6 Å². The molecule has 2 aromatic carbocycles. The highest BCUT2D eigenvalue weighted by molar-refractivity contribution is 6.32. The molecule has 0 spiro atoms. The minimum absolute atomic E-state index is 0.267. The van der Waals surface area contributed by atoms with Crippen LogP contribution in [-0.4, -0.2) is 0 Å². The first-order valence-corrected chi connectivity index (χ1v) is 8.38. The molecule has 112 valence electrons. The largest absolute Gasteiger partial charge is 0.377 e. The maximum absolute atomic E-state index is 6.50. The van der Waals surface area contributed by atoms with Crippen molar-refractivity contribution in [2.24, 2.45) is 5.92 Å². The van der Waals surface area contributed by atoms with E-state index in [9.17, 15) is 0 Å². The highest BCUT2D eigenvalue weighted by Gasteiger charge is 2.39. The molecule has 1 aliphatic carbocycles. The minimum Gasteiger partial charge on any atom is -0.377 e. The van der Waals surface area contributed by atoms with E-state index < -0.39 is 0 Å². The summed E-state index contributed by atoms with van der Waals surface area (Å²) in [6, 6.07) is 12.5. The van der Waals surface area contributed by atoms with Crippen molar-refractivity contribution in [3.8, 4) is 0 Å². The molecule has 0 fully saturated rings. The van der Waals surface area contributed by atoms with E-state index in [1.54, 1.807) is 0 Å². The van der Waals surface area contributed by atoms with Crippen molar-refractivity contribution in [3.05, 3.63) is 75.3 Å². The first-order valence-electron chi connectivity index (χ1n) is 7.63. The number of hydrogen-bond acceptors (Lipinski definition) is 1. The summed E-state index contributed by atoms with van der Waals surface area (Å²) >= 11 is 12.7. The van der Waals surface area contributed by atoms with Gasteiger partial charge < -0.3 is 5.32 Å². The smallest absolute Gasteiger partial charge is 0.0554 e. The van der Waals surface area contributed by atoms with Crippen LogP contribution in [-0.2, 0) is 0 Å². The van der Waals surface area contributed by atoms with Crippen LogP contribution in [0.25, 0.3) is 0 Å². The van der Waals surface area contributed by atoms with Crippen LogP contribution in [0, 0.1) is 12.8 Å². The van der Waals surface area contributed by atoms with Crippen molar-refractivity contribution in [3.63, 3.8) is 0 Å². The van der Waals surface area contributed by atoms with Crippen molar-refractivity contribution >= 4 is 28.9 Å². The quantitative estimate of drug-likeness (QED) is 0.620. The molecule has 0 amide bonds. The average molecular weight is 330 g/mol. The molecule has 1 aliphatic heterocycles. The lowest BCUT2D eigenvalue weighted by atomic mass is 9.76. The van der Waals surface area contributed by atoms with E-state index >= 15 is 0 Å². The lowest BCUT2D eigenvalue weighted by Gasteiger charge is -2.38. The Labute approximate surface area is 140 Å². The van der Waals surface area contributed by atoms with Crippen LogP contribution in [0.4, 0.5) is 5.69 Å². The van der Waals surface area contributed by atoms with E-state index in [0.29, 0.717) is 11.8 Å². The number of allylic oxidation sites excluding steroid dienone is 2. The van der Waals surface area contributed by atoms with Gasteiger partial charge in [-0.25, -0.2) is 0 Å². The van der Waals surface area contributed by atoms with Gasteiger partial charge in [0.05, 0.1) is 6.04 Å². The van der Waals surface area contributed by atoms with E-state index in [1.165, 1.54) is 22.4 Å². The lowest BCUT2D eigenvalue weighted by Crippen LogP contribution is -2.29. The zero-order chi connectivity index (χ0) is 15.3. The van der Waals surface area contributed by atoms with Gasteiger partial charge in [-0.15, -0.1) is 0 Å². The summed E-state index contributed by atoms with van der Waals surface area (Å²) in [5.74, 6) is 0.873. The topological polar surface area (TPSA) is 12.0 Å². The number of rotatable bonds is 1. The molecule has 3 heteroatoms. The average Bonchev–Trinajstić information content (AvgIpc) is 2.99. The molecule has 1 N–H and O–H groups in total. The van der Waals surface area contributed by atoms with Crippen LogP contribution in [0.15, 0.2) is 48.6 Å². The molecule has 0 saturated heterocycles. The normalized spacial score (nSPS) is 25.5. The van der Waals surface area contributed by atoms with E-state index in [4.69, 9.17) is 23.2 Å².